The zero-order valence-electron chi connectivity index (χ0n) is 8.70. The summed E-state index contributed by atoms with van der Waals surface area (Å²) in [6.45, 7) is 7.21. The molecule has 0 amide bonds. The maximum Gasteiger partial charge on any atom is 0.168 e. The van der Waals surface area contributed by atoms with Crippen molar-refractivity contribution in [2.45, 2.75) is 27.1 Å². The van der Waals surface area contributed by atoms with E-state index in [1.54, 1.807) is 0 Å². The van der Waals surface area contributed by atoms with Gasteiger partial charge in [0.15, 0.2) is 6.71 Å². The Hall–Kier alpha value is -0.0151. The second kappa shape index (κ2) is 12.6. The third-order valence-corrected chi connectivity index (χ3v) is 1.11. The van der Waals surface area contributed by atoms with E-state index in [1.807, 2.05) is 14.1 Å². The molecule has 68 valence electrons. The van der Waals surface area contributed by atoms with E-state index in [0.717, 1.165) is 19.6 Å². The molecule has 0 rings (SSSR count). The van der Waals surface area contributed by atoms with Gasteiger partial charge in [0.2, 0.25) is 0 Å². The minimum atomic E-state index is 0.741. The quantitative estimate of drug-likeness (QED) is 0.597. The highest BCUT2D eigenvalue weighted by molar-refractivity contribution is 6.57. The smallest absolute Gasteiger partial charge is 0.168 e. The molecule has 0 atom stereocenters. The zero-order chi connectivity index (χ0) is 9.11. The molecule has 2 nitrogen and oxygen atoms in total. The molecule has 0 bridgehead atoms. The summed E-state index contributed by atoms with van der Waals surface area (Å²) in [7, 11) is 3.96. The topological polar surface area (TPSA) is 24.1 Å². The van der Waals surface area contributed by atoms with Crippen LogP contribution in [0.2, 0.25) is 6.82 Å². The molecular formula is C8H23BN2. The summed E-state index contributed by atoms with van der Waals surface area (Å²) in [4.78, 5) is 0. The van der Waals surface area contributed by atoms with Crippen molar-refractivity contribution in [2.75, 3.05) is 27.0 Å². The largest absolute Gasteiger partial charge is 0.327 e. The lowest BCUT2D eigenvalue weighted by Crippen LogP contribution is -2.34. The van der Waals surface area contributed by atoms with Gasteiger partial charge in [0, 0.05) is 0 Å². The maximum absolute atomic E-state index is 3.11. The molecule has 0 fully saturated rings. The monoisotopic (exact) mass is 158 g/mol. The lowest BCUT2D eigenvalue weighted by molar-refractivity contribution is 0.907. The third-order valence-electron chi connectivity index (χ3n) is 1.11. The van der Waals surface area contributed by atoms with Crippen LogP contribution in [0.5, 0.6) is 0 Å². The summed E-state index contributed by atoms with van der Waals surface area (Å²) in [5.41, 5.74) is 0. The summed E-state index contributed by atoms with van der Waals surface area (Å²) in [5, 5.41) is 6.22. The Morgan fingerprint density at radius 3 is 1.45 bits per heavy atom. The van der Waals surface area contributed by atoms with Gasteiger partial charge in [0.1, 0.15) is 0 Å². The van der Waals surface area contributed by atoms with Crippen LogP contribution in [0, 0.1) is 0 Å². The van der Waals surface area contributed by atoms with Crippen molar-refractivity contribution < 1.29 is 0 Å². The number of hydrogen-bond acceptors (Lipinski definition) is 2. The highest BCUT2D eigenvalue weighted by Crippen LogP contribution is 1.72. The molecule has 0 aliphatic carbocycles. The van der Waals surface area contributed by atoms with E-state index in [4.69, 9.17) is 0 Å². The molecular weight excluding hydrogens is 135 g/mol. The molecule has 0 spiro atoms. The van der Waals surface area contributed by atoms with Crippen molar-refractivity contribution in [2.24, 2.45) is 0 Å². The van der Waals surface area contributed by atoms with Crippen molar-refractivity contribution in [3.63, 3.8) is 0 Å². The first-order valence-corrected chi connectivity index (χ1v) is 4.52. The van der Waals surface area contributed by atoms with E-state index in [2.05, 4.69) is 31.3 Å². The van der Waals surface area contributed by atoms with Gasteiger partial charge in [-0.2, -0.15) is 0 Å². The first kappa shape index (κ1) is 13.6. The maximum atomic E-state index is 3.11. The average molecular weight is 158 g/mol. The molecule has 0 unspecified atom stereocenters. The fourth-order valence-electron chi connectivity index (χ4n) is 0.769. The lowest BCUT2D eigenvalue weighted by atomic mass is 9.52. The van der Waals surface area contributed by atoms with Crippen LogP contribution in [0.3, 0.4) is 0 Å². The molecule has 0 aliphatic rings. The van der Waals surface area contributed by atoms with Crippen LogP contribution < -0.4 is 10.6 Å². The van der Waals surface area contributed by atoms with Crippen LogP contribution in [-0.4, -0.2) is 33.7 Å². The summed E-state index contributed by atoms with van der Waals surface area (Å²) in [5.74, 6) is 0. The fraction of sp³-hybridized carbons (Fsp3) is 1.00. The fourth-order valence-corrected chi connectivity index (χ4v) is 0.769. The standard InChI is InChI=1S/C5H15BN2.C3H8/c1-6(4-7-2)5-8-3;1-3-2/h7-8H,4-5H2,1-3H3;3H2,1-2H3. The SMILES string of the molecule is CCC.CNCB(C)CNC. The number of nitrogens with one attached hydrogen (secondary N) is 2. The van der Waals surface area contributed by atoms with Gasteiger partial charge >= 0.3 is 0 Å². The van der Waals surface area contributed by atoms with Gasteiger partial charge < -0.3 is 10.6 Å². The highest BCUT2D eigenvalue weighted by atomic mass is 14.8. The van der Waals surface area contributed by atoms with E-state index in [0.29, 0.717) is 0 Å². The lowest BCUT2D eigenvalue weighted by Gasteiger charge is -2.03. The number of rotatable bonds is 4. The van der Waals surface area contributed by atoms with Gasteiger partial charge in [0.05, 0.1) is 0 Å². The van der Waals surface area contributed by atoms with Crippen LogP contribution >= 0.6 is 0 Å². The van der Waals surface area contributed by atoms with Crippen molar-refractivity contribution >= 4 is 6.71 Å². The first-order valence-electron chi connectivity index (χ1n) is 4.52. The van der Waals surface area contributed by atoms with E-state index in [-0.39, 0.29) is 0 Å². The Balaban J connectivity index is 0. The first-order chi connectivity index (χ1) is 5.22. The van der Waals surface area contributed by atoms with Gasteiger partial charge in [-0.15, -0.1) is 0 Å². The Kier molecular flexibility index (Phi) is 15.6. The molecule has 0 radical (unpaired) electrons. The van der Waals surface area contributed by atoms with Crippen molar-refractivity contribution in [1.82, 2.24) is 10.6 Å². The predicted molar refractivity (Wildman–Crippen MR) is 55.4 cm³/mol. The van der Waals surface area contributed by atoms with Crippen LogP contribution in [-0.2, 0) is 0 Å². The second-order valence-electron chi connectivity index (χ2n) is 2.93. The Morgan fingerprint density at radius 1 is 1.00 bits per heavy atom. The molecule has 0 heterocycles. The Bertz CT molecular complexity index is 54.1. The molecule has 0 aromatic rings. The molecule has 0 aromatic carbocycles. The third kappa shape index (κ3) is 17.8. The summed E-state index contributed by atoms with van der Waals surface area (Å²) >= 11 is 0. The minimum absolute atomic E-state index is 0.741. The highest BCUT2D eigenvalue weighted by Gasteiger charge is 2.00. The van der Waals surface area contributed by atoms with E-state index in [9.17, 15) is 0 Å². The minimum Gasteiger partial charge on any atom is -0.327 e. The average Bonchev–Trinajstić information content (AvgIpc) is 1.90. The molecule has 11 heavy (non-hydrogen) atoms. The van der Waals surface area contributed by atoms with Crippen LogP contribution in [0.1, 0.15) is 20.3 Å². The van der Waals surface area contributed by atoms with Gasteiger partial charge in [0.25, 0.3) is 0 Å². The van der Waals surface area contributed by atoms with E-state index < -0.39 is 0 Å². The van der Waals surface area contributed by atoms with Gasteiger partial charge in [-0.25, -0.2) is 0 Å². The van der Waals surface area contributed by atoms with Gasteiger partial charge in [-0.1, -0.05) is 27.1 Å². The number of hydrogen-bond donors (Lipinski definition) is 2. The molecule has 0 saturated carbocycles. The van der Waals surface area contributed by atoms with Crippen molar-refractivity contribution in [3.05, 3.63) is 0 Å². The summed E-state index contributed by atoms with van der Waals surface area (Å²) < 4.78 is 0. The van der Waals surface area contributed by atoms with Crippen molar-refractivity contribution in [1.29, 1.82) is 0 Å². The van der Waals surface area contributed by atoms with Crippen LogP contribution in [0.4, 0.5) is 0 Å². The second-order valence-corrected chi connectivity index (χ2v) is 2.93. The van der Waals surface area contributed by atoms with Gasteiger partial charge in [-0.3, -0.25) is 0 Å². The van der Waals surface area contributed by atoms with Crippen molar-refractivity contribution in [3.8, 4) is 0 Å². The summed E-state index contributed by atoms with van der Waals surface area (Å²) in [6, 6.07) is 0. The normalized spacial score (nSPS) is 8.45. The molecule has 0 aliphatic heterocycles. The van der Waals surface area contributed by atoms with Crippen LogP contribution in [0.25, 0.3) is 0 Å². The van der Waals surface area contributed by atoms with Crippen LogP contribution in [0.15, 0.2) is 0 Å². The predicted octanol–water partition coefficient (Wildman–Crippen LogP) is 1.04. The molecule has 0 aromatic heterocycles. The molecule has 0 saturated heterocycles. The van der Waals surface area contributed by atoms with E-state index in [1.165, 1.54) is 6.42 Å². The molecule has 3 heteroatoms. The van der Waals surface area contributed by atoms with E-state index >= 15 is 0 Å². The summed E-state index contributed by atoms with van der Waals surface area (Å²) in [6.07, 6.45) is 3.45. The Morgan fingerprint density at radius 2 is 1.27 bits per heavy atom. The molecule has 2 N–H and O–H groups in total. The Labute approximate surface area is 72.2 Å². The zero-order valence-corrected chi connectivity index (χ0v) is 8.70. The van der Waals surface area contributed by atoms with Gasteiger partial charge in [-0.05, 0) is 27.0 Å².